The maximum absolute atomic E-state index is 11.9. The van der Waals surface area contributed by atoms with Crippen LogP contribution in [0.25, 0.3) is 0 Å². The Morgan fingerprint density at radius 3 is 0.889 bits per heavy atom. The molecule has 0 unspecified atom stereocenters. The third-order valence-corrected chi connectivity index (χ3v) is 1.57. The second-order valence-corrected chi connectivity index (χ2v) is 2.88. The lowest BCUT2D eigenvalue weighted by atomic mass is 10.3. The summed E-state index contributed by atoms with van der Waals surface area (Å²) in [6.07, 6.45) is 0. The molecule has 0 fully saturated rings. The van der Waals surface area contributed by atoms with E-state index < -0.39 is 23.3 Å². The Morgan fingerprint density at radius 1 is 0.556 bits per heavy atom. The maximum Gasteiger partial charge on any atom is 0.126 e. The number of benzene rings is 2. The lowest BCUT2D eigenvalue weighted by Crippen LogP contribution is -1.73. The summed E-state index contributed by atoms with van der Waals surface area (Å²) in [5.74, 6) is -2.15. The summed E-state index contributed by atoms with van der Waals surface area (Å²) in [7, 11) is 0. The van der Waals surface area contributed by atoms with Crippen LogP contribution in [0.15, 0.2) is 48.5 Å². The van der Waals surface area contributed by atoms with Crippen LogP contribution < -0.4 is 0 Å². The fraction of sp³-hybridized carbons (Fsp3) is 0.143. The molecule has 0 radical (unpaired) electrons. The van der Waals surface area contributed by atoms with Gasteiger partial charge in [0.1, 0.15) is 23.3 Å². The fourth-order valence-corrected chi connectivity index (χ4v) is 0.920. The molecule has 18 heavy (non-hydrogen) atoms. The Kier molecular flexibility index (Phi) is 8.27. The van der Waals surface area contributed by atoms with Gasteiger partial charge in [-0.25, -0.2) is 17.6 Å². The number of hydrogen-bond donors (Lipinski definition) is 0. The molecule has 0 amide bonds. The second-order valence-electron chi connectivity index (χ2n) is 2.88. The van der Waals surface area contributed by atoms with Gasteiger partial charge in [0.2, 0.25) is 0 Å². The van der Waals surface area contributed by atoms with Crippen molar-refractivity contribution in [1.29, 1.82) is 0 Å². The fourth-order valence-electron chi connectivity index (χ4n) is 0.920. The SMILES string of the molecule is CC.Fc1cccc(F)c1.Fc1cccc(F)c1. The van der Waals surface area contributed by atoms with Crippen LogP contribution in [0, 0.1) is 23.3 Å². The van der Waals surface area contributed by atoms with E-state index in [1.165, 1.54) is 36.4 Å². The molecular weight excluding hydrogens is 244 g/mol. The van der Waals surface area contributed by atoms with Crippen molar-refractivity contribution in [2.45, 2.75) is 13.8 Å². The second kappa shape index (κ2) is 9.22. The normalized spacial score (nSPS) is 8.56. The van der Waals surface area contributed by atoms with E-state index in [9.17, 15) is 17.6 Å². The van der Waals surface area contributed by atoms with E-state index in [2.05, 4.69) is 0 Å². The smallest absolute Gasteiger partial charge is 0.126 e. The molecule has 0 saturated carbocycles. The Bertz CT molecular complexity index is 377. The highest BCUT2D eigenvalue weighted by Crippen LogP contribution is 1.99. The average molecular weight is 258 g/mol. The quantitative estimate of drug-likeness (QED) is 0.586. The highest BCUT2D eigenvalue weighted by Gasteiger charge is 1.89. The van der Waals surface area contributed by atoms with Crippen molar-refractivity contribution in [3.05, 3.63) is 71.8 Å². The summed E-state index contributed by atoms with van der Waals surface area (Å²) >= 11 is 0. The highest BCUT2D eigenvalue weighted by atomic mass is 19.1. The van der Waals surface area contributed by atoms with Crippen molar-refractivity contribution in [1.82, 2.24) is 0 Å². The zero-order chi connectivity index (χ0) is 14.0. The topological polar surface area (TPSA) is 0 Å². The Morgan fingerprint density at radius 2 is 0.778 bits per heavy atom. The first-order valence-electron chi connectivity index (χ1n) is 5.40. The van der Waals surface area contributed by atoms with Crippen LogP contribution in [-0.2, 0) is 0 Å². The molecule has 0 aliphatic heterocycles. The molecule has 0 aliphatic rings. The lowest BCUT2D eigenvalue weighted by molar-refractivity contribution is 0.582. The van der Waals surface area contributed by atoms with Crippen LogP contribution in [0.3, 0.4) is 0 Å². The van der Waals surface area contributed by atoms with Gasteiger partial charge in [0.25, 0.3) is 0 Å². The molecule has 0 bridgehead atoms. The summed E-state index contributed by atoms with van der Waals surface area (Å²) in [6.45, 7) is 4.00. The maximum atomic E-state index is 11.9. The van der Waals surface area contributed by atoms with Gasteiger partial charge in [0.05, 0.1) is 0 Å². The molecule has 0 atom stereocenters. The molecule has 0 heterocycles. The monoisotopic (exact) mass is 258 g/mol. The summed E-state index contributed by atoms with van der Waals surface area (Å²) < 4.78 is 47.7. The summed E-state index contributed by atoms with van der Waals surface area (Å²) in [5.41, 5.74) is 0. The molecule has 0 aliphatic carbocycles. The highest BCUT2D eigenvalue weighted by molar-refractivity contribution is 5.05. The Hall–Kier alpha value is -1.84. The molecular formula is C14H14F4. The van der Waals surface area contributed by atoms with E-state index in [0.29, 0.717) is 0 Å². The van der Waals surface area contributed by atoms with Crippen molar-refractivity contribution in [2.75, 3.05) is 0 Å². The van der Waals surface area contributed by atoms with Crippen molar-refractivity contribution >= 4 is 0 Å². The van der Waals surface area contributed by atoms with Crippen molar-refractivity contribution in [3.8, 4) is 0 Å². The van der Waals surface area contributed by atoms with Crippen LogP contribution >= 0.6 is 0 Å². The lowest BCUT2D eigenvalue weighted by Gasteiger charge is -1.84. The molecule has 0 saturated heterocycles. The predicted molar refractivity (Wildman–Crippen MR) is 64.1 cm³/mol. The molecule has 0 N–H and O–H groups in total. The zero-order valence-electron chi connectivity index (χ0n) is 10.1. The number of halogens is 4. The van der Waals surface area contributed by atoms with Crippen molar-refractivity contribution in [2.24, 2.45) is 0 Å². The van der Waals surface area contributed by atoms with Gasteiger partial charge in [-0.15, -0.1) is 0 Å². The summed E-state index contributed by atoms with van der Waals surface area (Å²) in [6, 6.07) is 9.10. The van der Waals surface area contributed by atoms with Crippen molar-refractivity contribution in [3.63, 3.8) is 0 Å². The first-order chi connectivity index (χ1) is 8.58. The molecule has 0 nitrogen and oxygen atoms in total. The van der Waals surface area contributed by atoms with Crippen LogP contribution in [0.2, 0.25) is 0 Å². The molecule has 98 valence electrons. The largest absolute Gasteiger partial charge is 0.207 e. The van der Waals surface area contributed by atoms with Gasteiger partial charge in [0, 0.05) is 12.1 Å². The number of hydrogen-bond acceptors (Lipinski definition) is 0. The third kappa shape index (κ3) is 7.44. The van der Waals surface area contributed by atoms with Gasteiger partial charge in [-0.3, -0.25) is 0 Å². The van der Waals surface area contributed by atoms with E-state index in [-0.39, 0.29) is 0 Å². The molecule has 2 rings (SSSR count). The van der Waals surface area contributed by atoms with Crippen molar-refractivity contribution < 1.29 is 17.6 Å². The van der Waals surface area contributed by atoms with Gasteiger partial charge in [0.15, 0.2) is 0 Å². The van der Waals surface area contributed by atoms with Crippen LogP contribution in [-0.4, -0.2) is 0 Å². The van der Waals surface area contributed by atoms with Crippen LogP contribution in [0.1, 0.15) is 13.8 Å². The molecule has 2 aromatic rings. The molecule has 0 spiro atoms. The van der Waals surface area contributed by atoms with Gasteiger partial charge in [-0.05, 0) is 24.3 Å². The predicted octanol–water partition coefficient (Wildman–Crippen LogP) is 4.96. The van der Waals surface area contributed by atoms with Crippen LogP contribution in [0.5, 0.6) is 0 Å². The van der Waals surface area contributed by atoms with Gasteiger partial charge in [-0.2, -0.15) is 0 Å². The molecule has 2 aromatic carbocycles. The van der Waals surface area contributed by atoms with E-state index in [1.54, 1.807) is 0 Å². The zero-order valence-corrected chi connectivity index (χ0v) is 10.1. The first-order valence-corrected chi connectivity index (χ1v) is 5.40. The summed E-state index contributed by atoms with van der Waals surface area (Å²) in [4.78, 5) is 0. The Balaban J connectivity index is 0.000000283. The minimum atomic E-state index is -0.537. The molecule has 0 aromatic heterocycles. The van der Waals surface area contributed by atoms with E-state index in [1.807, 2.05) is 13.8 Å². The van der Waals surface area contributed by atoms with Gasteiger partial charge in [-0.1, -0.05) is 26.0 Å². The first kappa shape index (κ1) is 16.2. The summed E-state index contributed by atoms with van der Waals surface area (Å²) in [5, 5.41) is 0. The third-order valence-electron chi connectivity index (χ3n) is 1.57. The van der Waals surface area contributed by atoms with E-state index >= 15 is 0 Å². The minimum Gasteiger partial charge on any atom is -0.207 e. The number of rotatable bonds is 0. The van der Waals surface area contributed by atoms with E-state index in [0.717, 1.165) is 12.1 Å². The van der Waals surface area contributed by atoms with Gasteiger partial charge < -0.3 is 0 Å². The average Bonchev–Trinajstić information content (AvgIpc) is 2.31. The molecule has 4 heteroatoms. The standard InChI is InChI=1S/2C6H4F2.C2H6/c2*7-5-2-1-3-6(8)4-5;1-2/h2*1-4H;1-2H3. The van der Waals surface area contributed by atoms with Crippen LogP contribution in [0.4, 0.5) is 17.6 Å². The van der Waals surface area contributed by atoms with E-state index in [4.69, 9.17) is 0 Å². The Labute approximate surface area is 104 Å². The minimum absolute atomic E-state index is 0.537. The van der Waals surface area contributed by atoms with Gasteiger partial charge >= 0.3 is 0 Å².